The second kappa shape index (κ2) is 45.3. The topological polar surface area (TPSA) is 78.9 Å². The molecule has 0 aromatic heterocycles. The van der Waals surface area contributed by atoms with Crippen LogP contribution in [-0.2, 0) is 28.6 Å². The fraction of sp³-hybridized carbons (Fsp3) is 0.820. The molecule has 6 heteroatoms. The molecule has 0 heterocycles. The summed E-state index contributed by atoms with van der Waals surface area (Å²) in [5.74, 6) is -0.879. The summed E-state index contributed by atoms with van der Waals surface area (Å²) in [6, 6.07) is 0. The molecule has 1 atom stereocenters. The van der Waals surface area contributed by atoms with Crippen molar-refractivity contribution in [1.82, 2.24) is 0 Å². The third-order valence-electron chi connectivity index (χ3n) is 10.5. The van der Waals surface area contributed by atoms with Gasteiger partial charge in [0.25, 0.3) is 0 Å². The molecule has 6 nitrogen and oxygen atoms in total. The molecule has 56 heavy (non-hydrogen) atoms. The van der Waals surface area contributed by atoms with E-state index in [9.17, 15) is 14.4 Å². The molecule has 1 unspecified atom stereocenters. The van der Waals surface area contributed by atoms with E-state index in [2.05, 4.69) is 57.2 Å². The summed E-state index contributed by atoms with van der Waals surface area (Å²) in [4.78, 5) is 37.8. The third-order valence-corrected chi connectivity index (χ3v) is 10.5. The first-order valence-electron chi connectivity index (χ1n) is 24.0. The Morgan fingerprint density at radius 3 is 1.07 bits per heavy atom. The first-order valence-corrected chi connectivity index (χ1v) is 24.0. The molecule has 0 rings (SSSR count). The van der Waals surface area contributed by atoms with Gasteiger partial charge in [-0.1, -0.05) is 224 Å². The van der Waals surface area contributed by atoms with Gasteiger partial charge in [-0.25, -0.2) is 0 Å². The summed E-state index contributed by atoms with van der Waals surface area (Å²) in [5.41, 5.74) is 0. The molecule has 0 aliphatic carbocycles. The predicted octanol–water partition coefficient (Wildman–Crippen LogP) is 15.4. The number of hydrogen-bond acceptors (Lipinski definition) is 6. The van der Waals surface area contributed by atoms with Gasteiger partial charge in [0.15, 0.2) is 6.10 Å². The highest BCUT2D eigenvalue weighted by atomic mass is 16.6. The van der Waals surface area contributed by atoms with Crippen LogP contribution in [0.15, 0.2) is 36.5 Å². The van der Waals surface area contributed by atoms with Crippen molar-refractivity contribution < 1.29 is 28.6 Å². The Kier molecular flexibility index (Phi) is 43.4. The van der Waals surface area contributed by atoms with Crippen LogP contribution in [0.1, 0.15) is 245 Å². The molecule has 0 N–H and O–H groups in total. The van der Waals surface area contributed by atoms with Crippen LogP contribution in [0, 0.1) is 0 Å². The zero-order valence-corrected chi connectivity index (χ0v) is 37.2. The lowest BCUT2D eigenvalue weighted by Gasteiger charge is -2.18. The number of allylic oxidation sites excluding steroid dienone is 6. The van der Waals surface area contributed by atoms with E-state index in [1.54, 1.807) is 0 Å². The monoisotopic (exact) mass is 787 g/mol. The lowest BCUT2D eigenvalue weighted by atomic mass is 10.0. The molecule has 0 aromatic carbocycles. The highest BCUT2D eigenvalue weighted by Gasteiger charge is 2.19. The molecule has 0 aliphatic heterocycles. The quantitative estimate of drug-likeness (QED) is 0.0265. The van der Waals surface area contributed by atoms with Gasteiger partial charge in [0.2, 0.25) is 0 Å². The molecule has 0 saturated carbocycles. The van der Waals surface area contributed by atoms with Gasteiger partial charge in [-0.15, -0.1) is 0 Å². The zero-order valence-electron chi connectivity index (χ0n) is 37.2. The molecule has 0 amide bonds. The Labute approximate surface area is 346 Å². The van der Waals surface area contributed by atoms with E-state index in [1.807, 2.05) is 0 Å². The van der Waals surface area contributed by atoms with Crippen molar-refractivity contribution in [1.29, 1.82) is 0 Å². The molecular formula is C50H90O6. The van der Waals surface area contributed by atoms with Gasteiger partial charge in [0.05, 0.1) is 0 Å². The fourth-order valence-electron chi connectivity index (χ4n) is 6.85. The van der Waals surface area contributed by atoms with Crippen molar-refractivity contribution in [3.63, 3.8) is 0 Å². The van der Waals surface area contributed by atoms with Crippen LogP contribution >= 0.6 is 0 Å². The van der Waals surface area contributed by atoms with E-state index in [4.69, 9.17) is 14.2 Å². The molecular weight excluding hydrogens is 697 g/mol. The van der Waals surface area contributed by atoms with Gasteiger partial charge >= 0.3 is 17.9 Å². The zero-order chi connectivity index (χ0) is 40.8. The van der Waals surface area contributed by atoms with E-state index in [0.29, 0.717) is 19.3 Å². The molecule has 0 aromatic rings. The summed E-state index contributed by atoms with van der Waals surface area (Å²) in [6.45, 7) is 6.50. The minimum Gasteiger partial charge on any atom is -0.462 e. The van der Waals surface area contributed by atoms with Crippen LogP contribution in [0.2, 0.25) is 0 Å². The molecule has 0 aliphatic rings. The number of rotatable bonds is 43. The third kappa shape index (κ3) is 42.8. The Morgan fingerprint density at radius 2 is 0.696 bits per heavy atom. The molecule has 0 spiro atoms. The average molecular weight is 787 g/mol. The van der Waals surface area contributed by atoms with Crippen molar-refractivity contribution in [2.24, 2.45) is 0 Å². The predicted molar refractivity (Wildman–Crippen MR) is 238 cm³/mol. The lowest BCUT2D eigenvalue weighted by molar-refractivity contribution is -0.167. The average Bonchev–Trinajstić information content (AvgIpc) is 3.19. The second-order valence-electron chi connectivity index (χ2n) is 16.1. The Balaban J connectivity index is 4.36. The summed E-state index contributed by atoms with van der Waals surface area (Å²) >= 11 is 0. The van der Waals surface area contributed by atoms with Gasteiger partial charge < -0.3 is 14.2 Å². The van der Waals surface area contributed by atoms with Crippen molar-refractivity contribution in [3.8, 4) is 0 Å². The summed E-state index contributed by atoms with van der Waals surface area (Å²) < 4.78 is 16.7. The van der Waals surface area contributed by atoms with Crippen molar-refractivity contribution in [2.45, 2.75) is 252 Å². The first kappa shape index (κ1) is 53.6. The van der Waals surface area contributed by atoms with Crippen molar-refractivity contribution >= 4 is 17.9 Å². The maximum absolute atomic E-state index is 12.7. The SMILES string of the molecule is CC\C=C/C=C\C=C/CCCCCCCCCC(=O)OCC(COC(=O)CCCCCCCCCCCCC)OC(=O)CCCCCCCCCCCCCC. The van der Waals surface area contributed by atoms with Crippen LogP contribution in [-0.4, -0.2) is 37.2 Å². The Hall–Kier alpha value is -2.37. The number of carbonyl (C=O) groups excluding carboxylic acids is 3. The van der Waals surface area contributed by atoms with E-state index in [-0.39, 0.29) is 31.1 Å². The molecule has 0 radical (unpaired) electrons. The number of carbonyl (C=O) groups is 3. The van der Waals surface area contributed by atoms with Crippen molar-refractivity contribution in [2.75, 3.05) is 13.2 Å². The summed E-state index contributed by atoms with van der Waals surface area (Å²) in [6.07, 6.45) is 51.2. The molecule has 0 saturated heterocycles. The Morgan fingerprint density at radius 1 is 0.375 bits per heavy atom. The van der Waals surface area contributed by atoms with Gasteiger partial charge in [-0.2, -0.15) is 0 Å². The van der Waals surface area contributed by atoms with Crippen molar-refractivity contribution in [3.05, 3.63) is 36.5 Å². The van der Waals surface area contributed by atoms with Crippen LogP contribution in [0.4, 0.5) is 0 Å². The van der Waals surface area contributed by atoms with E-state index in [1.165, 1.54) is 135 Å². The van der Waals surface area contributed by atoms with E-state index in [0.717, 1.165) is 70.6 Å². The second-order valence-corrected chi connectivity index (χ2v) is 16.1. The smallest absolute Gasteiger partial charge is 0.306 e. The standard InChI is InChI=1S/C50H90O6/c1-4-7-10-13-16-19-22-24-25-26-29-31-34-37-40-43-49(52)55-46-47(45-54-48(51)42-39-36-33-30-27-21-18-15-12-9-6-3)56-50(53)44-41-38-35-32-28-23-20-17-14-11-8-5-2/h7,10,13,16,19,22,47H,4-6,8-9,11-12,14-15,17-18,20-21,23-46H2,1-3H3/b10-7-,16-13-,22-19-. The van der Waals surface area contributed by atoms with Gasteiger partial charge in [-0.3, -0.25) is 14.4 Å². The minimum atomic E-state index is -0.770. The number of esters is 3. The highest BCUT2D eigenvalue weighted by Crippen LogP contribution is 2.15. The molecule has 326 valence electrons. The largest absolute Gasteiger partial charge is 0.462 e. The fourth-order valence-corrected chi connectivity index (χ4v) is 6.85. The minimum absolute atomic E-state index is 0.0723. The van der Waals surface area contributed by atoms with Gasteiger partial charge in [0, 0.05) is 19.3 Å². The number of unbranched alkanes of at least 4 members (excludes halogenated alkanes) is 28. The van der Waals surface area contributed by atoms with Gasteiger partial charge in [0.1, 0.15) is 13.2 Å². The summed E-state index contributed by atoms with van der Waals surface area (Å²) in [5, 5.41) is 0. The number of hydrogen-bond donors (Lipinski definition) is 0. The Bertz CT molecular complexity index is 953. The molecule has 0 bridgehead atoms. The van der Waals surface area contributed by atoms with Crippen LogP contribution in [0.5, 0.6) is 0 Å². The molecule has 0 fully saturated rings. The van der Waals surface area contributed by atoms with Crippen LogP contribution in [0.25, 0.3) is 0 Å². The number of ether oxygens (including phenoxy) is 3. The summed E-state index contributed by atoms with van der Waals surface area (Å²) in [7, 11) is 0. The maximum atomic E-state index is 12.7. The normalized spacial score (nSPS) is 12.3. The maximum Gasteiger partial charge on any atom is 0.306 e. The van der Waals surface area contributed by atoms with Crippen LogP contribution in [0.3, 0.4) is 0 Å². The van der Waals surface area contributed by atoms with E-state index >= 15 is 0 Å². The van der Waals surface area contributed by atoms with E-state index < -0.39 is 6.10 Å². The van der Waals surface area contributed by atoms with Crippen LogP contribution < -0.4 is 0 Å². The lowest BCUT2D eigenvalue weighted by Crippen LogP contribution is -2.30. The van der Waals surface area contributed by atoms with Gasteiger partial charge in [-0.05, 0) is 38.5 Å². The highest BCUT2D eigenvalue weighted by molar-refractivity contribution is 5.71. The first-order chi connectivity index (χ1) is 27.5.